The summed E-state index contributed by atoms with van der Waals surface area (Å²) in [6, 6.07) is 10.4. The molecule has 0 radical (unpaired) electrons. The largest absolute Gasteiger partial charge is 0.465 e. The summed E-state index contributed by atoms with van der Waals surface area (Å²) in [5.74, 6) is 0.0721. The molecule has 2 rings (SSSR count). The van der Waals surface area contributed by atoms with Crippen molar-refractivity contribution in [1.29, 1.82) is 0 Å². The summed E-state index contributed by atoms with van der Waals surface area (Å²) in [5.41, 5.74) is 1.55. The second kappa shape index (κ2) is 8.10. The number of hydrogen-bond donors (Lipinski definition) is 1. The van der Waals surface area contributed by atoms with E-state index in [0.29, 0.717) is 35.7 Å². The van der Waals surface area contributed by atoms with Crippen molar-refractivity contribution in [3.05, 3.63) is 53.7 Å². The van der Waals surface area contributed by atoms with Gasteiger partial charge in [0.05, 0.1) is 23.9 Å². The van der Waals surface area contributed by atoms with Gasteiger partial charge in [-0.15, -0.1) is 0 Å². The van der Waals surface area contributed by atoms with Crippen LogP contribution in [0.15, 0.2) is 42.6 Å². The van der Waals surface area contributed by atoms with Crippen LogP contribution in [0, 0.1) is 0 Å². The van der Waals surface area contributed by atoms with Crippen molar-refractivity contribution < 1.29 is 14.3 Å². The highest BCUT2D eigenvalue weighted by atomic mass is 16.5. The molecule has 0 atom stereocenters. The topological polar surface area (TPSA) is 71.5 Å². The Morgan fingerprint density at radius 3 is 2.42 bits per heavy atom. The van der Waals surface area contributed by atoms with Gasteiger partial charge in [-0.3, -0.25) is 4.79 Å². The summed E-state index contributed by atoms with van der Waals surface area (Å²) in [6.45, 7) is 5.19. The number of esters is 1. The van der Waals surface area contributed by atoms with Crippen LogP contribution in [-0.4, -0.2) is 42.0 Å². The summed E-state index contributed by atoms with van der Waals surface area (Å²) in [6.07, 6.45) is 1.53. The molecule has 0 bridgehead atoms. The molecule has 0 spiro atoms. The van der Waals surface area contributed by atoms with Gasteiger partial charge in [-0.05, 0) is 38.1 Å². The lowest BCUT2D eigenvalue weighted by molar-refractivity contribution is 0.0601. The van der Waals surface area contributed by atoms with Gasteiger partial charge in [0.1, 0.15) is 5.82 Å². The first-order chi connectivity index (χ1) is 11.6. The molecular weight excluding hydrogens is 306 g/mol. The fourth-order valence-electron chi connectivity index (χ4n) is 2.31. The van der Waals surface area contributed by atoms with Gasteiger partial charge in [-0.1, -0.05) is 12.1 Å². The number of nitrogens with zero attached hydrogens (tertiary/aromatic N) is 2. The second-order valence-corrected chi connectivity index (χ2v) is 5.07. The molecule has 1 N–H and O–H groups in total. The standard InChI is InChI=1S/C18H21N3O3/c1-4-21(5-2)17(22)13-10-11-16(19-12-13)20-15-9-7-6-8-14(15)18(23)24-3/h6-12H,4-5H2,1-3H3,(H,19,20). The number of para-hydroxylation sites is 1. The van der Waals surface area contributed by atoms with E-state index < -0.39 is 5.97 Å². The number of rotatable bonds is 6. The minimum atomic E-state index is -0.425. The molecule has 0 aliphatic carbocycles. The molecule has 0 saturated carbocycles. The molecule has 6 heteroatoms. The Balaban J connectivity index is 2.18. The molecule has 2 aromatic rings. The molecule has 0 saturated heterocycles. The maximum atomic E-state index is 12.3. The van der Waals surface area contributed by atoms with E-state index in [9.17, 15) is 9.59 Å². The van der Waals surface area contributed by atoms with Crippen molar-refractivity contribution in [3.63, 3.8) is 0 Å². The first-order valence-corrected chi connectivity index (χ1v) is 7.80. The number of carbonyl (C=O) groups is 2. The number of methoxy groups -OCH3 is 1. The Bertz CT molecular complexity index is 710. The summed E-state index contributed by atoms with van der Waals surface area (Å²) in [4.78, 5) is 30.0. The van der Waals surface area contributed by atoms with Crippen molar-refractivity contribution in [2.75, 3.05) is 25.5 Å². The maximum Gasteiger partial charge on any atom is 0.339 e. The van der Waals surface area contributed by atoms with Crippen LogP contribution in [0.2, 0.25) is 0 Å². The lowest BCUT2D eigenvalue weighted by Gasteiger charge is -2.18. The summed E-state index contributed by atoms with van der Waals surface area (Å²) < 4.78 is 4.77. The molecule has 1 aromatic heterocycles. The van der Waals surface area contributed by atoms with Gasteiger partial charge in [-0.2, -0.15) is 0 Å². The maximum absolute atomic E-state index is 12.3. The monoisotopic (exact) mass is 327 g/mol. The minimum absolute atomic E-state index is 0.0472. The Hall–Kier alpha value is -2.89. The van der Waals surface area contributed by atoms with Gasteiger partial charge >= 0.3 is 5.97 Å². The van der Waals surface area contributed by atoms with E-state index in [-0.39, 0.29) is 5.91 Å². The van der Waals surface area contributed by atoms with Crippen LogP contribution in [0.5, 0.6) is 0 Å². The van der Waals surface area contributed by atoms with Crippen molar-refractivity contribution in [2.24, 2.45) is 0 Å². The number of ether oxygens (including phenoxy) is 1. The fourth-order valence-corrected chi connectivity index (χ4v) is 2.31. The Labute approximate surface area is 141 Å². The quantitative estimate of drug-likeness (QED) is 0.826. The van der Waals surface area contributed by atoms with Gasteiger partial charge < -0.3 is 15.0 Å². The summed E-state index contributed by atoms with van der Waals surface area (Å²) >= 11 is 0. The lowest BCUT2D eigenvalue weighted by atomic mass is 10.1. The van der Waals surface area contributed by atoms with Crippen molar-refractivity contribution in [3.8, 4) is 0 Å². The summed E-state index contributed by atoms with van der Waals surface area (Å²) in [5, 5.41) is 3.07. The zero-order valence-electron chi connectivity index (χ0n) is 14.1. The molecule has 0 fully saturated rings. The van der Waals surface area contributed by atoms with E-state index in [0.717, 1.165) is 0 Å². The average Bonchev–Trinajstić information content (AvgIpc) is 2.63. The van der Waals surface area contributed by atoms with Crippen LogP contribution >= 0.6 is 0 Å². The van der Waals surface area contributed by atoms with Crippen LogP contribution in [0.25, 0.3) is 0 Å². The highest BCUT2D eigenvalue weighted by Crippen LogP contribution is 2.20. The SMILES string of the molecule is CCN(CC)C(=O)c1ccc(Nc2ccccc2C(=O)OC)nc1. The number of pyridine rings is 1. The van der Waals surface area contributed by atoms with E-state index >= 15 is 0 Å². The van der Waals surface area contributed by atoms with Crippen LogP contribution in [0.1, 0.15) is 34.6 Å². The van der Waals surface area contributed by atoms with Crippen LogP contribution < -0.4 is 5.32 Å². The van der Waals surface area contributed by atoms with Gasteiger partial charge in [-0.25, -0.2) is 9.78 Å². The highest BCUT2D eigenvalue weighted by molar-refractivity contribution is 5.96. The van der Waals surface area contributed by atoms with Crippen molar-refractivity contribution >= 4 is 23.4 Å². The van der Waals surface area contributed by atoms with E-state index in [4.69, 9.17) is 4.74 Å². The third-order valence-electron chi connectivity index (χ3n) is 3.66. The third kappa shape index (κ3) is 3.90. The van der Waals surface area contributed by atoms with E-state index in [1.165, 1.54) is 13.3 Å². The number of nitrogens with one attached hydrogen (secondary N) is 1. The molecule has 0 unspecified atom stereocenters. The Morgan fingerprint density at radius 1 is 1.12 bits per heavy atom. The normalized spacial score (nSPS) is 10.1. The number of carbonyl (C=O) groups excluding carboxylic acids is 2. The molecule has 1 aromatic carbocycles. The van der Waals surface area contributed by atoms with E-state index in [1.54, 1.807) is 35.2 Å². The molecule has 1 amide bonds. The van der Waals surface area contributed by atoms with Crippen molar-refractivity contribution in [2.45, 2.75) is 13.8 Å². The van der Waals surface area contributed by atoms with Gasteiger partial charge in [0, 0.05) is 19.3 Å². The first kappa shape index (κ1) is 17.5. The molecule has 6 nitrogen and oxygen atoms in total. The second-order valence-electron chi connectivity index (χ2n) is 5.07. The predicted octanol–water partition coefficient (Wildman–Crippen LogP) is 3.09. The molecule has 126 valence electrons. The predicted molar refractivity (Wildman–Crippen MR) is 92.6 cm³/mol. The van der Waals surface area contributed by atoms with Crippen LogP contribution in [-0.2, 0) is 4.74 Å². The summed E-state index contributed by atoms with van der Waals surface area (Å²) in [7, 11) is 1.34. The van der Waals surface area contributed by atoms with Crippen LogP contribution in [0.4, 0.5) is 11.5 Å². The molecule has 0 aliphatic rings. The third-order valence-corrected chi connectivity index (χ3v) is 3.66. The number of anilines is 2. The van der Waals surface area contributed by atoms with E-state index in [1.807, 2.05) is 19.9 Å². The molecular formula is C18H21N3O3. The first-order valence-electron chi connectivity index (χ1n) is 7.80. The number of amides is 1. The molecule has 24 heavy (non-hydrogen) atoms. The zero-order chi connectivity index (χ0) is 17.5. The highest BCUT2D eigenvalue weighted by Gasteiger charge is 2.14. The average molecular weight is 327 g/mol. The van der Waals surface area contributed by atoms with Crippen LogP contribution in [0.3, 0.4) is 0 Å². The van der Waals surface area contributed by atoms with Gasteiger partial charge in [0.25, 0.3) is 5.91 Å². The van der Waals surface area contributed by atoms with E-state index in [2.05, 4.69) is 10.3 Å². The van der Waals surface area contributed by atoms with Crippen molar-refractivity contribution in [1.82, 2.24) is 9.88 Å². The minimum Gasteiger partial charge on any atom is -0.465 e. The smallest absolute Gasteiger partial charge is 0.339 e. The Morgan fingerprint density at radius 2 is 1.83 bits per heavy atom. The fraction of sp³-hybridized carbons (Fsp3) is 0.278. The number of benzene rings is 1. The lowest BCUT2D eigenvalue weighted by Crippen LogP contribution is -2.30. The van der Waals surface area contributed by atoms with Gasteiger partial charge in [0.2, 0.25) is 0 Å². The molecule has 1 heterocycles. The molecule has 0 aliphatic heterocycles. The number of hydrogen-bond acceptors (Lipinski definition) is 5. The number of aromatic nitrogens is 1. The zero-order valence-corrected chi connectivity index (χ0v) is 14.1. The Kier molecular flexibility index (Phi) is 5.89. The van der Waals surface area contributed by atoms with Gasteiger partial charge in [0.15, 0.2) is 0 Å².